The molecule has 0 aromatic heterocycles. The van der Waals surface area contributed by atoms with Crippen molar-refractivity contribution in [3.63, 3.8) is 0 Å². The molecule has 5 atom stereocenters. The van der Waals surface area contributed by atoms with E-state index in [1.807, 2.05) is 12.1 Å². The van der Waals surface area contributed by atoms with E-state index < -0.39 is 5.97 Å². The zero-order valence-corrected chi connectivity index (χ0v) is 17.6. The number of fused-ring (bicyclic) bond motifs is 5. The number of benzene rings is 1. The zero-order valence-electron chi connectivity index (χ0n) is 17.6. The molecule has 158 valence electrons. The van der Waals surface area contributed by atoms with Crippen LogP contribution >= 0.6 is 0 Å². The Morgan fingerprint density at radius 1 is 1.07 bits per heavy atom. The summed E-state index contributed by atoms with van der Waals surface area (Å²) in [6.45, 7) is 2.54. The van der Waals surface area contributed by atoms with Crippen LogP contribution < -0.4 is 5.32 Å². The lowest BCUT2D eigenvalue weighted by Gasteiger charge is -2.51. The largest absolute Gasteiger partial charge is 0.508 e. The highest BCUT2D eigenvalue weighted by Crippen LogP contribution is 2.61. The molecule has 3 fully saturated rings. The van der Waals surface area contributed by atoms with Gasteiger partial charge in [-0.3, -0.25) is 4.79 Å². The van der Waals surface area contributed by atoms with Crippen molar-refractivity contribution < 1.29 is 15.0 Å². The van der Waals surface area contributed by atoms with Crippen LogP contribution in [0.15, 0.2) is 18.2 Å². The van der Waals surface area contributed by atoms with Gasteiger partial charge >= 0.3 is 5.97 Å². The van der Waals surface area contributed by atoms with Crippen LogP contribution in [0.2, 0.25) is 0 Å². The number of aromatic hydroxyl groups is 1. The van der Waals surface area contributed by atoms with Gasteiger partial charge in [0, 0.05) is 12.1 Å². The van der Waals surface area contributed by atoms with Crippen molar-refractivity contribution in [3.05, 3.63) is 29.3 Å². The Labute approximate surface area is 174 Å². The molecule has 1 aromatic carbocycles. The number of hydrogen-bond donors (Lipinski definition) is 3. The number of carboxylic acids is 1. The summed E-state index contributed by atoms with van der Waals surface area (Å²) in [5.41, 5.74) is 3.25. The molecule has 0 amide bonds. The van der Waals surface area contributed by atoms with E-state index in [0.717, 1.165) is 43.9 Å². The summed E-state index contributed by atoms with van der Waals surface area (Å²) in [6, 6.07) is 7.14. The van der Waals surface area contributed by atoms with Gasteiger partial charge in [-0.15, -0.1) is 0 Å². The maximum absolute atomic E-state index is 11.3. The van der Waals surface area contributed by atoms with Crippen LogP contribution in [0.3, 0.4) is 0 Å². The van der Waals surface area contributed by atoms with Gasteiger partial charge in [-0.05, 0) is 111 Å². The molecule has 4 heteroatoms. The first kappa shape index (κ1) is 19.4. The van der Waals surface area contributed by atoms with Crippen molar-refractivity contribution in [2.75, 3.05) is 0 Å². The van der Waals surface area contributed by atoms with E-state index in [1.165, 1.54) is 43.2 Å². The molecule has 0 spiro atoms. The van der Waals surface area contributed by atoms with Crippen molar-refractivity contribution in [3.8, 4) is 5.75 Å². The second-order valence-electron chi connectivity index (χ2n) is 10.5. The molecule has 4 nitrogen and oxygen atoms in total. The molecule has 0 radical (unpaired) electrons. The van der Waals surface area contributed by atoms with Crippen LogP contribution in [0.4, 0.5) is 0 Å². The fourth-order valence-electron chi connectivity index (χ4n) is 7.63. The molecule has 3 saturated carbocycles. The van der Waals surface area contributed by atoms with E-state index in [4.69, 9.17) is 0 Å². The molecular weight excluding hydrogens is 362 g/mol. The lowest BCUT2D eigenvalue weighted by atomic mass is 9.55. The van der Waals surface area contributed by atoms with Crippen LogP contribution in [-0.4, -0.2) is 28.3 Å². The Balaban J connectivity index is 1.28. The van der Waals surface area contributed by atoms with E-state index in [0.29, 0.717) is 29.2 Å². The molecule has 3 N–H and O–H groups in total. The van der Waals surface area contributed by atoms with Crippen molar-refractivity contribution in [2.24, 2.45) is 23.2 Å². The molecule has 5 rings (SSSR count). The van der Waals surface area contributed by atoms with Gasteiger partial charge in [0.25, 0.3) is 0 Å². The van der Waals surface area contributed by atoms with Gasteiger partial charge in [0.15, 0.2) is 0 Å². The average molecular weight is 398 g/mol. The van der Waals surface area contributed by atoms with Gasteiger partial charge in [0.1, 0.15) is 5.75 Å². The van der Waals surface area contributed by atoms with Crippen LogP contribution in [-0.2, 0) is 11.2 Å². The first-order valence-corrected chi connectivity index (χ1v) is 11.8. The number of carbonyl (C=O) groups is 1. The Morgan fingerprint density at radius 2 is 1.86 bits per heavy atom. The first-order chi connectivity index (χ1) is 14.0. The number of aryl methyl sites for hydroxylation is 1. The minimum atomic E-state index is -0.611. The third-order valence-corrected chi connectivity index (χ3v) is 9.22. The topological polar surface area (TPSA) is 69.6 Å². The number of nitrogens with one attached hydrogen (secondary N) is 1. The van der Waals surface area contributed by atoms with Gasteiger partial charge in [0.05, 0.1) is 5.92 Å². The lowest BCUT2D eigenvalue weighted by molar-refractivity contribution is -0.142. The van der Waals surface area contributed by atoms with Crippen molar-refractivity contribution >= 4 is 5.97 Å². The predicted octanol–water partition coefficient (Wildman–Crippen LogP) is 4.85. The fraction of sp³-hybridized carbons (Fsp3) is 0.720. The number of hydrogen-bond acceptors (Lipinski definition) is 3. The molecule has 0 bridgehead atoms. The quantitative estimate of drug-likeness (QED) is 0.682. The highest BCUT2D eigenvalue weighted by Gasteiger charge is 2.55. The SMILES string of the molecule is C[C@]12CCC3c4ccc(O)cc4CCC3C1CCC2NC1CCC(C(=O)O)CC1. The summed E-state index contributed by atoms with van der Waals surface area (Å²) in [5.74, 6) is 1.90. The van der Waals surface area contributed by atoms with Gasteiger partial charge in [0.2, 0.25) is 0 Å². The fourth-order valence-corrected chi connectivity index (χ4v) is 7.63. The lowest BCUT2D eigenvalue weighted by Crippen LogP contribution is -2.51. The van der Waals surface area contributed by atoms with Crippen LogP contribution in [0.1, 0.15) is 81.8 Å². The zero-order chi connectivity index (χ0) is 20.2. The molecule has 29 heavy (non-hydrogen) atoms. The van der Waals surface area contributed by atoms with Crippen molar-refractivity contribution in [1.29, 1.82) is 0 Å². The standard InChI is InChI=1S/C25H35NO3/c1-25-13-12-20-19-9-7-18(27)14-16(19)4-8-21(20)22(25)10-11-23(25)26-17-5-2-15(3-6-17)24(28)29/h7,9,14-15,17,20-23,26-27H,2-6,8,10-13H2,1H3,(H,28,29)/t15?,17?,20?,21?,22?,23?,25-/m0/s1. The summed E-state index contributed by atoms with van der Waals surface area (Å²) < 4.78 is 0. The molecule has 0 saturated heterocycles. The second kappa shape index (κ2) is 7.30. The Bertz CT molecular complexity index is 784. The summed E-state index contributed by atoms with van der Waals surface area (Å²) in [4.78, 5) is 11.3. The Kier molecular flexibility index (Phi) is 4.89. The van der Waals surface area contributed by atoms with E-state index in [-0.39, 0.29) is 5.92 Å². The number of phenols is 1. The van der Waals surface area contributed by atoms with E-state index in [9.17, 15) is 15.0 Å². The summed E-state index contributed by atoms with van der Waals surface area (Å²) >= 11 is 0. The number of carboxylic acid groups (broad SMARTS) is 1. The number of phenolic OH excluding ortho intramolecular Hbond substituents is 1. The van der Waals surface area contributed by atoms with Crippen LogP contribution in [0, 0.1) is 23.2 Å². The van der Waals surface area contributed by atoms with Crippen molar-refractivity contribution in [1.82, 2.24) is 5.32 Å². The number of aliphatic carboxylic acids is 1. The predicted molar refractivity (Wildman–Crippen MR) is 113 cm³/mol. The molecule has 4 unspecified atom stereocenters. The van der Waals surface area contributed by atoms with Gasteiger partial charge < -0.3 is 15.5 Å². The summed E-state index contributed by atoms with van der Waals surface area (Å²) in [7, 11) is 0. The molecule has 1 aromatic rings. The monoisotopic (exact) mass is 397 g/mol. The van der Waals surface area contributed by atoms with Crippen LogP contribution in [0.25, 0.3) is 0 Å². The maximum Gasteiger partial charge on any atom is 0.306 e. The highest BCUT2D eigenvalue weighted by atomic mass is 16.4. The smallest absolute Gasteiger partial charge is 0.306 e. The van der Waals surface area contributed by atoms with Gasteiger partial charge in [-0.2, -0.15) is 0 Å². The highest BCUT2D eigenvalue weighted by molar-refractivity contribution is 5.70. The minimum absolute atomic E-state index is 0.128. The van der Waals surface area contributed by atoms with E-state index in [2.05, 4.69) is 18.3 Å². The minimum Gasteiger partial charge on any atom is -0.508 e. The summed E-state index contributed by atoms with van der Waals surface area (Å²) in [5, 5.41) is 23.1. The molecule has 0 heterocycles. The second-order valence-corrected chi connectivity index (χ2v) is 10.5. The Hall–Kier alpha value is -1.55. The molecular formula is C25H35NO3. The van der Waals surface area contributed by atoms with Crippen LogP contribution in [0.5, 0.6) is 5.75 Å². The summed E-state index contributed by atoms with van der Waals surface area (Å²) in [6.07, 6.45) is 11.2. The number of rotatable bonds is 3. The molecule has 4 aliphatic carbocycles. The van der Waals surface area contributed by atoms with Gasteiger partial charge in [-0.1, -0.05) is 13.0 Å². The third-order valence-electron chi connectivity index (χ3n) is 9.22. The Morgan fingerprint density at radius 3 is 2.62 bits per heavy atom. The third kappa shape index (κ3) is 3.28. The average Bonchev–Trinajstić information content (AvgIpc) is 3.04. The normalized spacial score (nSPS) is 41.3. The molecule has 0 aliphatic heterocycles. The molecule has 4 aliphatic rings. The first-order valence-electron chi connectivity index (χ1n) is 11.8. The van der Waals surface area contributed by atoms with Crippen molar-refractivity contribution in [2.45, 2.75) is 89.1 Å². The van der Waals surface area contributed by atoms with E-state index >= 15 is 0 Å². The maximum atomic E-state index is 11.3. The van der Waals surface area contributed by atoms with Gasteiger partial charge in [-0.25, -0.2) is 0 Å². The van der Waals surface area contributed by atoms with E-state index in [1.54, 1.807) is 0 Å².